The van der Waals surface area contributed by atoms with Gasteiger partial charge in [0.2, 0.25) is 0 Å². The van der Waals surface area contributed by atoms with Gasteiger partial charge in [0.25, 0.3) is 0 Å². The van der Waals surface area contributed by atoms with E-state index in [0.717, 1.165) is 15.0 Å². The van der Waals surface area contributed by atoms with Crippen molar-refractivity contribution in [3.8, 4) is 11.4 Å². The number of nitrogens with zero attached hydrogens (tertiary/aromatic N) is 2. The molecule has 0 atom stereocenters. The van der Waals surface area contributed by atoms with E-state index in [1.54, 1.807) is 0 Å². The van der Waals surface area contributed by atoms with Crippen LogP contribution in [0.5, 0.6) is 0 Å². The zero-order valence-electron chi connectivity index (χ0n) is 7.11. The predicted molar refractivity (Wildman–Crippen MR) is 72.9 cm³/mol. The number of halogens is 2. The SMILES string of the molecule is Ic1cnc(-c2cccc(I)c2)nc1. The average molecular weight is 408 g/mol. The molecule has 0 spiro atoms. The molecule has 4 heteroatoms. The molecular formula is C10H6I2N2. The van der Waals surface area contributed by atoms with Crippen LogP contribution in [0.4, 0.5) is 0 Å². The van der Waals surface area contributed by atoms with E-state index < -0.39 is 0 Å². The lowest BCUT2D eigenvalue weighted by molar-refractivity contribution is 1.16. The molecule has 0 bridgehead atoms. The van der Waals surface area contributed by atoms with E-state index in [1.807, 2.05) is 24.5 Å². The Morgan fingerprint density at radius 3 is 2.29 bits per heavy atom. The Hall–Kier alpha value is -0.240. The van der Waals surface area contributed by atoms with Gasteiger partial charge in [-0.1, -0.05) is 12.1 Å². The van der Waals surface area contributed by atoms with E-state index in [4.69, 9.17) is 0 Å². The smallest absolute Gasteiger partial charge is 0.159 e. The molecule has 0 N–H and O–H groups in total. The van der Waals surface area contributed by atoms with E-state index in [-0.39, 0.29) is 0 Å². The van der Waals surface area contributed by atoms with Gasteiger partial charge in [-0.3, -0.25) is 0 Å². The van der Waals surface area contributed by atoms with Gasteiger partial charge in [0.1, 0.15) is 0 Å². The summed E-state index contributed by atoms with van der Waals surface area (Å²) in [5.41, 5.74) is 1.06. The van der Waals surface area contributed by atoms with E-state index in [2.05, 4.69) is 67.3 Å². The minimum atomic E-state index is 0.781. The van der Waals surface area contributed by atoms with Crippen molar-refractivity contribution in [3.05, 3.63) is 43.8 Å². The Morgan fingerprint density at radius 1 is 0.929 bits per heavy atom. The normalized spacial score (nSPS) is 10.1. The fraction of sp³-hybridized carbons (Fsp3) is 0. The molecule has 1 heterocycles. The molecule has 0 aliphatic heterocycles. The third-order valence-corrected chi connectivity index (χ3v) is 2.93. The molecule has 14 heavy (non-hydrogen) atoms. The van der Waals surface area contributed by atoms with Crippen LogP contribution in [-0.4, -0.2) is 9.97 Å². The first-order valence-corrected chi connectivity index (χ1v) is 6.15. The monoisotopic (exact) mass is 408 g/mol. The topological polar surface area (TPSA) is 25.8 Å². The fourth-order valence-corrected chi connectivity index (χ4v) is 1.91. The molecular weight excluding hydrogens is 402 g/mol. The van der Waals surface area contributed by atoms with Crippen molar-refractivity contribution in [2.75, 3.05) is 0 Å². The van der Waals surface area contributed by atoms with Crippen molar-refractivity contribution in [2.24, 2.45) is 0 Å². The average Bonchev–Trinajstić information content (AvgIpc) is 2.19. The van der Waals surface area contributed by atoms with Gasteiger partial charge in [-0.15, -0.1) is 0 Å². The van der Waals surface area contributed by atoms with Gasteiger partial charge in [0.15, 0.2) is 5.82 Å². The van der Waals surface area contributed by atoms with Crippen molar-refractivity contribution in [1.82, 2.24) is 9.97 Å². The van der Waals surface area contributed by atoms with Crippen LogP contribution < -0.4 is 0 Å². The molecule has 2 nitrogen and oxygen atoms in total. The van der Waals surface area contributed by atoms with E-state index in [9.17, 15) is 0 Å². The second-order valence-electron chi connectivity index (χ2n) is 2.74. The van der Waals surface area contributed by atoms with Crippen LogP contribution in [-0.2, 0) is 0 Å². The van der Waals surface area contributed by atoms with Gasteiger partial charge in [-0.05, 0) is 57.3 Å². The van der Waals surface area contributed by atoms with Gasteiger partial charge >= 0.3 is 0 Å². The van der Waals surface area contributed by atoms with Crippen molar-refractivity contribution < 1.29 is 0 Å². The van der Waals surface area contributed by atoms with Gasteiger partial charge in [-0.2, -0.15) is 0 Å². The quantitative estimate of drug-likeness (QED) is 0.677. The molecule has 0 aliphatic rings. The van der Waals surface area contributed by atoms with E-state index in [1.165, 1.54) is 3.57 Å². The van der Waals surface area contributed by atoms with Gasteiger partial charge in [0.05, 0.1) is 0 Å². The number of aromatic nitrogens is 2. The van der Waals surface area contributed by atoms with Crippen LogP contribution in [0.2, 0.25) is 0 Å². The number of hydrogen-bond donors (Lipinski definition) is 0. The van der Waals surface area contributed by atoms with Crippen molar-refractivity contribution in [3.63, 3.8) is 0 Å². The first-order chi connectivity index (χ1) is 6.75. The lowest BCUT2D eigenvalue weighted by Crippen LogP contribution is -1.89. The lowest BCUT2D eigenvalue weighted by atomic mass is 10.2. The van der Waals surface area contributed by atoms with Crippen LogP contribution >= 0.6 is 45.2 Å². The van der Waals surface area contributed by atoms with Gasteiger partial charge < -0.3 is 0 Å². The summed E-state index contributed by atoms with van der Waals surface area (Å²) in [6, 6.07) is 8.16. The molecule has 70 valence electrons. The van der Waals surface area contributed by atoms with Crippen LogP contribution in [0.1, 0.15) is 0 Å². The molecule has 0 saturated heterocycles. The summed E-state index contributed by atoms with van der Waals surface area (Å²) in [5.74, 6) is 0.781. The third-order valence-electron chi connectivity index (χ3n) is 1.70. The summed E-state index contributed by atoms with van der Waals surface area (Å²) in [5, 5.41) is 0. The Morgan fingerprint density at radius 2 is 1.64 bits per heavy atom. The molecule has 2 aromatic rings. The molecule has 0 saturated carbocycles. The maximum atomic E-state index is 4.27. The van der Waals surface area contributed by atoms with E-state index >= 15 is 0 Å². The Balaban J connectivity index is 2.44. The minimum Gasteiger partial charge on any atom is -0.235 e. The highest BCUT2D eigenvalue weighted by atomic mass is 127. The zero-order valence-corrected chi connectivity index (χ0v) is 11.4. The molecule has 1 aromatic heterocycles. The molecule has 0 unspecified atom stereocenters. The number of rotatable bonds is 1. The largest absolute Gasteiger partial charge is 0.235 e. The first-order valence-electron chi connectivity index (χ1n) is 3.99. The fourth-order valence-electron chi connectivity index (χ4n) is 1.09. The summed E-state index contributed by atoms with van der Waals surface area (Å²) in [6.45, 7) is 0. The summed E-state index contributed by atoms with van der Waals surface area (Å²) in [7, 11) is 0. The highest BCUT2D eigenvalue weighted by Crippen LogP contribution is 2.17. The Bertz CT molecular complexity index is 440. The second kappa shape index (κ2) is 4.52. The maximum Gasteiger partial charge on any atom is 0.159 e. The number of benzene rings is 1. The Kier molecular flexibility index (Phi) is 3.32. The van der Waals surface area contributed by atoms with E-state index in [0.29, 0.717) is 0 Å². The van der Waals surface area contributed by atoms with Crippen molar-refractivity contribution >= 4 is 45.2 Å². The summed E-state index contributed by atoms with van der Waals surface area (Å²) < 4.78 is 2.25. The highest BCUT2D eigenvalue weighted by molar-refractivity contribution is 14.1. The van der Waals surface area contributed by atoms with Crippen molar-refractivity contribution in [1.29, 1.82) is 0 Å². The summed E-state index contributed by atoms with van der Waals surface area (Å²) in [4.78, 5) is 8.54. The van der Waals surface area contributed by atoms with Crippen molar-refractivity contribution in [2.45, 2.75) is 0 Å². The Labute approximate surface area is 109 Å². The van der Waals surface area contributed by atoms with Gasteiger partial charge in [-0.25, -0.2) is 9.97 Å². The third kappa shape index (κ3) is 2.41. The van der Waals surface area contributed by atoms with Crippen LogP contribution in [0.15, 0.2) is 36.7 Å². The predicted octanol–water partition coefficient (Wildman–Crippen LogP) is 3.35. The molecule has 0 amide bonds. The maximum absolute atomic E-state index is 4.27. The first kappa shape index (κ1) is 10.3. The molecule has 0 aliphatic carbocycles. The van der Waals surface area contributed by atoms with Crippen LogP contribution in [0.3, 0.4) is 0 Å². The number of hydrogen-bond acceptors (Lipinski definition) is 2. The lowest BCUT2D eigenvalue weighted by Gasteiger charge is -1.99. The van der Waals surface area contributed by atoms with Crippen LogP contribution in [0, 0.1) is 7.14 Å². The zero-order chi connectivity index (χ0) is 9.97. The molecule has 2 rings (SSSR count). The summed E-state index contributed by atoms with van der Waals surface area (Å²) in [6.07, 6.45) is 3.64. The summed E-state index contributed by atoms with van der Waals surface area (Å²) >= 11 is 4.48. The minimum absolute atomic E-state index is 0.781. The standard InChI is InChI=1S/C10H6I2N2/c11-8-3-1-2-7(4-8)10-13-5-9(12)6-14-10/h1-6H. The van der Waals surface area contributed by atoms with Crippen LogP contribution in [0.25, 0.3) is 11.4 Å². The molecule has 0 fully saturated rings. The molecule has 1 aromatic carbocycles. The highest BCUT2D eigenvalue weighted by Gasteiger charge is 2.00. The molecule has 0 radical (unpaired) electrons. The van der Waals surface area contributed by atoms with Gasteiger partial charge in [0, 0.05) is 25.1 Å². The second-order valence-corrected chi connectivity index (χ2v) is 5.23.